The molecule has 0 bridgehead atoms. The lowest BCUT2D eigenvalue weighted by Crippen LogP contribution is -2.15. The van der Waals surface area contributed by atoms with Crippen LogP contribution in [0, 0.1) is 12.7 Å². The summed E-state index contributed by atoms with van der Waals surface area (Å²) in [5.41, 5.74) is -0.515. The van der Waals surface area contributed by atoms with Crippen LogP contribution in [0.2, 0.25) is 0 Å². The smallest absolute Gasteiger partial charge is 0.433 e. The quantitative estimate of drug-likeness (QED) is 0.366. The zero-order chi connectivity index (χ0) is 20.3. The van der Waals surface area contributed by atoms with Crippen LogP contribution in [0.5, 0.6) is 0 Å². The van der Waals surface area contributed by atoms with Crippen molar-refractivity contribution < 1.29 is 26.8 Å². The fraction of sp³-hybridized carbons (Fsp3) is 0.167. The molecule has 2 aromatic heterocycles. The van der Waals surface area contributed by atoms with Gasteiger partial charge in [0, 0.05) is 5.69 Å². The Morgan fingerprint density at radius 1 is 1.21 bits per heavy atom. The largest absolute Gasteiger partial charge is 0.463 e. The molecule has 0 unspecified atom stereocenters. The van der Waals surface area contributed by atoms with Crippen LogP contribution >= 0.6 is 11.8 Å². The summed E-state index contributed by atoms with van der Waals surface area (Å²) >= 11 is 0.727. The fourth-order valence-electron chi connectivity index (χ4n) is 2.18. The lowest BCUT2D eigenvalue weighted by molar-refractivity contribution is -0.141. The Morgan fingerprint density at radius 3 is 2.64 bits per heavy atom. The summed E-state index contributed by atoms with van der Waals surface area (Å²) in [4.78, 5) is 19.5. The van der Waals surface area contributed by atoms with Crippen LogP contribution in [-0.4, -0.2) is 21.6 Å². The molecule has 0 aliphatic heterocycles. The third-order valence-electron chi connectivity index (χ3n) is 3.56. The maximum Gasteiger partial charge on any atom is 0.433 e. The number of carbonyl (C=O) groups is 1. The number of alkyl halides is 3. The molecule has 0 fully saturated rings. The van der Waals surface area contributed by atoms with Gasteiger partial charge in [0.05, 0.1) is 12.0 Å². The van der Waals surface area contributed by atoms with Crippen molar-refractivity contribution in [2.24, 2.45) is 0 Å². The average Bonchev–Trinajstić information content (AvgIpc) is 3.17. The molecule has 146 valence electrons. The molecule has 2 heterocycles. The van der Waals surface area contributed by atoms with Crippen LogP contribution in [-0.2, 0) is 11.0 Å². The molecule has 0 saturated heterocycles. The van der Waals surface area contributed by atoms with Crippen molar-refractivity contribution in [3.8, 4) is 11.5 Å². The molecule has 1 N–H and O–H groups in total. The van der Waals surface area contributed by atoms with E-state index in [2.05, 4.69) is 15.3 Å². The van der Waals surface area contributed by atoms with Gasteiger partial charge in [-0.2, -0.15) is 13.2 Å². The standard InChI is InChI=1S/C18H13F4N3O2S/c1-10-4-5-11(7-12(10)19)23-16(26)9-28-17-24-13(14-3-2-6-27-14)8-15(25-17)18(20,21)22/h2-8H,9H2,1H3,(H,23,26). The van der Waals surface area contributed by atoms with Gasteiger partial charge in [-0.3, -0.25) is 4.79 Å². The van der Waals surface area contributed by atoms with Gasteiger partial charge in [0.2, 0.25) is 5.91 Å². The van der Waals surface area contributed by atoms with Crippen molar-refractivity contribution in [3.05, 3.63) is 59.7 Å². The van der Waals surface area contributed by atoms with E-state index in [0.717, 1.165) is 23.9 Å². The summed E-state index contributed by atoms with van der Waals surface area (Å²) in [7, 11) is 0. The van der Waals surface area contributed by atoms with Crippen LogP contribution in [0.25, 0.3) is 11.5 Å². The van der Waals surface area contributed by atoms with E-state index in [1.165, 1.54) is 30.5 Å². The number of thioether (sulfide) groups is 1. The second-order valence-electron chi connectivity index (χ2n) is 5.70. The van der Waals surface area contributed by atoms with Crippen LogP contribution in [0.15, 0.2) is 52.2 Å². The number of rotatable bonds is 5. The number of nitrogens with zero attached hydrogens (tertiary/aromatic N) is 2. The Hall–Kier alpha value is -2.88. The average molecular weight is 411 g/mol. The van der Waals surface area contributed by atoms with E-state index < -0.39 is 23.6 Å². The van der Waals surface area contributed by atoms with Crippen molar-refractivity contribution in [2.45, 2.75) is 18.3 Å². The summed E-state index contributed by atoms with van der Waals surface area (Å²) in [6.45, 7) is 1.58. The van der Waals surface area contributed by atoms with Gasteiger partial charge in [-0.15, -0.1) is 0 Å². The molecule has 0 spiro atoms. The fourth-order valence-corrected chi connectivity index (χ4v) is 2.84. The normalized spacial score (nSPS) is 11.5. The Balaban J connectivity index is 1.75. The summed E-state index contributed by atoms with van der Waals surface area (Å²) in [5, 5.41) is 2.24. The Kier molecular flexibility index (Phi) is 5.68. The van der Waals surface area contributed by atoms with Gasteiger partial charge >= 0.3 is 6.18 Å². The monoisotopic (exact) mass is 411 g/mol. The minimum absolute atomic E-state index is 0.0455. The van der Waals surface area contributed by atoms with E-state index in [9.17, 15) is 22.4 Å². The first-order valence-electron chi connectivity index (χ1n) is 7.91. The first kappa shape index (κ1) is 19.9. The highest BCUT2D eigenvalue weighted by Crippen LogP contribution is 2.32. The summed E-state index contributed by atoms with van der Waals surface area (Å²) in [6, 6.07) is 7.95. The molecule has 28 heavy (non-hydrogen) atoms. The lowest BCUT2D eigenvalue weighted by atomic mass is 10.2. The molecule has 0 atom stereocenters. The maximum atomic E-state index is 13.5. The second kappa shape index (κ2) is 8.01. The van der Waals surface area contributed by atoms with Crippen molar-refractivity contribution in [1.82, 2.24) is 9.97 Å². The number of benzene rings is 1. The molecule has 10 heteroatoms. The van der Waals surface area contributed by atoms with Crippen LogP contribution in [0.4, 0.5) is 23.2 Å². The van der Waals surface area contributed by atoms with Gasteiger partial charge < -0.3 is 9.73 Å². The number of aryl methyl sites for hydroxylation is 1. The highest BCUT2D eigenvalue weighted by atomic mass is 32.2. The molecule has 3 aromatic rings. The zero-order valence-electron chi connectivity index (χ0n) is 14.4. The van der Waals surface area contributed by atoms with Crippen LogP contribution in [0.3, 0.4) is 0 Å². The molecule has 0 radical (unpaired) electrons. The Bertz CT molecular complexity index is 991. The summed E-state index contributed by atoms with van der Waals surface area (Å²) in [6.07, 6.45) is -3.37. The number of aromatic nitrogens is 2. The van der Waals surface area contributed by atoms with E-state index in [1.807, 2.05) is 0 Å². The minimum Gasteiger partial charge on any atom is -0.463 e. The molecule has 5 nitrogen and oxygen atoms in total. The number of halogens is 4. The molecule has 1 amide bonds. The number of carbonyl (C=O) groups excluding carboxylic acids is 1. The topological polar surface area (TPSA) is 68.0 Å². The lowest BCUT2D eigenvalue weighted by Gasteiger charge is -2.10. The van der Waals surface area contributed by atoms with Crippen LogP contribution < -0.4 is 5.32 Å². The van der Waals surface area contributed by atoms with Crippen molar-refractivity contribution in [1.29, 1.82) is 0 Å². The van der Waals surface area contributed by atoms with Crippen molar-refractivity contribution in [2.75, 3.05) is 11.1 Å². The second-order valence-corrected chi connectivity index (χ2v) is 6.64. The first-order valence-corrected chi connectivity index (χ1v) is 8.90. The number of amides is 1. The van der Waals surface area contributed by atoms with E-state index in [0.29, 0.717) is 5.56 Å². The Morgan fingerprint density at radius 2 is 2.00 bits per heavy atom. The predicted octanol–water partition coefficient (Wildman–Crippen LogP) is 4.93. The molecular formula is C18H13F4N3O2S. The third kappa shape index (κ3) is 4.89. The zero-order valence-corrected chi connectivity index (χ0v) is 15.2. The van der Waals surface area contributed by atoms with Gasteiger partial charge in [-0.1, -0.05) is 17.8 Å². The van der Waals surface area contributed by atoms with E-state index in [1.54, 1.807) is 6.92 Å². The Labute approximate surface area is 161 Å². The van der Waals surface area contributed by atoms with Crippen molar-refractivity contribution in [3.63, 3.8) is 0 Å². The van der Waals surface area contributed by atoms with E-state index in [-0.39, 0.29) is 28.1 Å². The SMILES string of the molecule is Cc1ccc(NC(=O)CSc2nc(-c3ccco3)cc(C(F)(F)F)n2)cc1F. The van der Waals surface area contributed by atoms with Gasteiger partial charge in [-0.05, 0) is 42.8 Å². The van der Waals surface area contributed by atoms with E-state index in [4.69, 9.17) is 4.42 Å². The highest BCUT2D eigenvalue weighted by molar-refractivity contribution is 7.99. The minimum atomic E-state index is -4.68. The molecular weight excluding hydrogens is 398 g/mol. The van der Waals surface area contributed by atoms with Gasteiger partial charge in [0.1, 0.15) is 17.2 Å². The molecule has 1 aromatic carbocycles. The number of hydrogen-bond donors (Lipinski definition) is 1. The van der Waals surface area contributed by atoms with Crippen LogP contribution in [0.1, 0.15) is 11.3 Å². The van der Waals surface area contributed by atoms with Crippen molar-refractivity contribution >= 4 is 23.4 Å². The predicted molar refractivity (Wildman–Crippen MR) is 95.2 cm³/mol. The molecule has 0 aliphatic rings. The third-order valence-corrected chi connectivity index (χ3v) is 4.40. The summed E-state index contributed by atoms with van der Waals surface area (Å²) < 4.78 is 57.9. The number of hydrogen-bond acceptors (Lipinski definition) is 5. The summed E-state index contributed by atoms with van der Waals surface area (Å²) in [5.74, 6) is -1.12. The molecule has 0 aliphatic carbocycles. The maximum absolute atomic E-state index is 13.5. The molecule has 3 rings (SSSR count). The number of anilines is 1. The molecule has 0 saturated carbocycles. The van der Waals surface area contributed by atoms with Gasteiger partial charge in [-0.25, -0.2) is 14.4 Å². The first-order chi connectivity index (χ1) is 13.2. The number of furan rings is 1. The van der Waals surface area contributed by atoms with Gasteiger partial charge in [0.25, 0.3) is 0 Å². The van der Waals surface area contributed by atoms with Gasteiger partial charge in [0.15, 0.2) is 10.9 Å². The van der Waals surface area contributed by atoms with E-state index >= 15 is 0 Å². The number of nitrogens with one attached hydrogen (secondary N) is 1. The highest BCUT2D eigenvalue weighted by Gasteiger charge is 2.34.